The minimum absolute atomic E-state index is 0. The van der Waals surface area contributed by atoms with Gasteiger partial charge in [-0.1, -0.05) is 38.5 Å². The average Bonchev–Trinajstić information content (AvgIpc) is 2.59. The molecule has 0 aromatic rings. The minimum atomic E-state index is 0. The van der Waals surface area contributed by atoms with Crippen LogP contribution in [0, 0.1) is 0 Å². The molecule has 0 aromatic carbocycles. The van der Waals surface area contributed by atoms with E-state index in [9.17, 15) is 0 Å². The standard InChI is InChI=1S/C22H48N4.2HI/c1-25(2)19-15-23(16-20-25)13-11-9-7-5-6-8-10-12-14-24-17-21-26(3,4)22-18-24;;/h5-22H2,1-4H3;2*1H/q+2;;/p-2. The van der Waals surface area contributed by atoms with Crippen molar-refractivity contribution in [1.29, 1.82) is 0 Å². The monoisotopic (exact) mass is 622 g/mol. The van der Waals surface area contributed by atoms with Gasteiger partial charge in [-0.3, -0.25) is 9.80 Å². The summed E-state index contributed by atoms with van der Waals surface area (Å²) in [7, 11) is 9.46. The van der Waals surface area contributed by atoms with E-state index in [4.69, 9.17) is 0 Å². The molecule has 0 radical (unpaired) electrons. The summed E-state index contributed by atoms with van der Waals surface area (Å²) < 4.78 is 2.43. The number of piperazine rings is 2. The first kappa shape index (κ1) is 29.3. The third-order valence-electron chi connectivity index (χ3n) is 6.78. The summed E-state index contributed by atoms with van der Waals surface area (Å²) in [5.74, 6) is 0. The molecular formula is C22H48I2N4. The van der Waals surface area contributed by atoms with Crippen LogP contribution in [0.15, 0.2) is 0 Å². The molecule has 0 atom stereocenters. The number of unbranched alkanes of at least 4 members (excludes halogenated alkanes) is 7. The first-order valence-corrected chi connectivity index (χ1v) is 11.5. The van der Waals surface area contributed by atoms with Crippen molar-refractivity contribution in [1.82, 2.24) is 9.80 Å². The molecule has 0 aliphatic carbocycles. The maximum Gasteiger partial charge on any atom is 0.0912 e. The first-order chi connectivity index (χ1) is 12.4. The van der Waals surface area contributed by atoms with Gasteiger partial charge in [0, 0.05) is 26.2 Å². The average molecular weight is 622 g/mol. The van der Waals surface area contributed by atoms with E-state index < -0.39 is 0 Å². The zero-order chi connectivity index (χ0) is 18.9. The smallest absolute Gasteiger partial charge is 0.0912 e. The molecule has 28 heavy (non-hydrogen) atoms. The van der Waals surface area contributed by atoms with Crippen LogP contribution in [0.25, 0.3) is 0 Å². The quantitative estimate of drug-likeness (QED) is 0.137. The highest BCUT2D eigenvalue weighted by molar-refractivity contribution is 4.63. The second kappa shape index (κ2) is 15.2. The molecule has 2 aliphatic rings. The summed E-state index contributed by atoms with van der Waals surface area (Å²) in [5, 5.41) is 0. The lowest BCUT2D eigenvalue weighted by atomic mass is 10.1. The maximum absolute atomic E-state index is 2.68. The van der Waals surface area contributed by atoms with Crippen molar-refractivity contribution in [3.63, 3.8) is 0 Å². The van der Waals surface area contributed by atoms with Gasteiger partial charge in [-0.05, 0) is 25.9 Å². The van der Waals surface area contributed by atoms with E-state index in [1.165, 1.54) is 126 Å². The van der Waals surface area contributed by atoms with Crippen LogP contribution in [-0.4, -0.2) is 112 Å². The normalized spacial score (nSPS) is 22.3. The number of nitrogens with zero attached hydrogens (tertiary/aromatic N) is 4. The van der Waals surface area contributed by atoms with Crippen molar-refractivity contribution >= 4 is 0 Å². The van der Waals surface area contributed by atoms with Crippen LogP contribution in [0.3, 0.4) is 0 Å². The molecule has 4 nitrogen and oxygen atoms in total. The van der Waals surface area contributed by atoms with Crippen LogP contribution in [0.2, 0.25) is 0 Å². The zero-order valence-corrected chi connectivity index (χ0v) is 23.6. The molecule has 2 rings (SSSR count). The summed E-state index contributed by atoms with van der Waals surface area (Å²) >= 11 is 0. The van der Waals surface area contributed by atoms with Crippen LogP contribution in [0.1, 0.15) is 51.4 Å². The Balaban J connectivity index is 0.00000364. The lowest BCUT2D eigenvalue weighted by Crippen LogP contribution is -3.00. The fourth-order valence-electron chi connectivity index (χ4n) is 4.27. The first-order valence-electron chi connectivity index (χ1n) is 11.5. The minimum Gasteiger partial charge on any atom is -1.00 e. The molecule has 0 bridgehead atoms. The topological polar surface area (TPSA) is 6.48 Å². The van der Waals surface area contributed by atoms with Crippen LogP contribution in [-0.2, 0) is 0 Å². The van der Waals surface area contributed by atoms with E-state index in [1.807, 2.05) is 0 Å². The molecule has 2 heterocycles. The van der Waals surface area contributed by atoms with Gasteiger partial charge in [0.05, 0.1) is 54.4 Å². The van der Waals surface area contributed by atoms with Crippen molar-refractivity contribution in [3.05, 3.63) is 0 Å². The third-order valence-corrected chi connectivity index (χ3v) is 6.78. The molecule has 6 heteroatoms. The fourth-order valence-corrected chi connectivity index (χ4v) is 4.27. The summed E-state index contributed by atoms with van der Waals surface area (Å²) in [6.07, 6.45) is 11.5. The Morgan fingerprint density at radius 2 is 0.714 bits per heavy atom. The maximum atomic E-state index is 2.68. The molecule has 0 spiro atoms. The molecule has 2 saturated heterocycles. The number of halogens is 2. The lowest BCUT2D eigenvalue weighted by molar-refractivity contribution is -0.894. The SMILES string of the molecule is C[N+]1(C)CCN(CCCCCCCCCCN2CC[N+](C)(C)CC2)CC1.[I-].[I-]. The van der Waals surface area contributed by atoms with Gasteiger partial charge in [0.15, 0.2) is 0 Å². The Hall–Kier alpha value is 1.30. The molecule has 0 N–H and O–H groups in total. The highest BCUT2D eigenvalue weighted by atomic mass is 127. The van der Waals surface area contributed by atoms with Gasteiger partial charge in [-0.25, -0.2) is 0 Å². The molecule has 0 aromatic heterocycles. The van der Waals surface area contributed by atoms with E-state index in [0.717, 1.165) is 0 Å². The predicted octanol–water partition coefficient (Wildman–Crippen LogP) is -3.10. The molecule has 170 valence electrons. The molecule has 0 saturated carbocycles. The Labute approximate surface area is 210 Å². The molecule has 2 fully saturated rings. The van der Waals surface area contributed by atoms with E-state index >= 15 is 0 Å². The Bertz CT molecular complexity index is 335. The predicted molar refractivity (Wildman–Crippen MR) is 114 cm³/mol. The Morgan fingerprint density at radius 1 is 0.464 bits per heavy atom. The van der Waals surface area contributed by atoms with E-state index in [1.54, 1.807) is 0 Å². The van der Waals surface area contributed by atoms with Gasteiger partial charge < -0.3 is 56.9 Å². The van der Waals surface area contributed by atoms with Crippen molar-refractivity contribution in [2.45, 2.75) is 51.4 Å². The van der Waals surface area contributed by atoms with Crippen LogP contribution in [0.4, 0.5) is 0 Å². The van der Waals surface area contributed by atoms with Crippen LogP contribution in [0.5, 0.6) is 0 Å². The molecule has 0 unspecified atom stereocenters. The van der Waals surface area contributed by atoms with Gasteiger partial charge >= 0.3 is 0 Å². The van der Waals surface area contributed by atoms with Gasteiger partial charge in [-0.2, -0.15) is 0 Å². The van der Waals surface area contributed by atoms with Gasteiger partial charge in [0.1, 0.15) is 0 Å². The summed E-state index contributed by atoms with van der Waals surface area (Å²) in [6.45, 7) is 13.2. The van der Waals surface area contributed by atoms with Crippen LogP contribution < -0.4 is 48.0 Å². The molecular weight excluding hydrogens is 574 g/mol. The largest absolute Gasteiger partial charge is 1.00 e. The number of hydrogen-bond donors (Lipinski definition) is 0. The van der Waals surface area contributed by atoms with E-state index in [-0.39, 0.29) is 48.0 Å². The number of rotatable bonds is 11. The summed E-state index contributed by atoms with van der Waals surface area (Å²) in [5.41, 5.74) is 0. The van der Waals surface area contributed by atoms with Crippen LogP contribution >= 0.6 is 0 Å². The highest BCUT2D eigenvalue weighted by Gasteiger charge is 2.24. The second-order valence-corrected chi connectivity index (χ2v) is 10.3. The summed E-state index contributed by atoms with van der Waals surface area (Å²) in [4.78, 5) is 5.37. The fraction of sp³-hybridized carbons (Fsp3) is 1.00. The van der Waals surface area contributed by atoms with E-state index in [0.29, 0.717) is 0 Å². The highest BCUT2D eigenvalue weighted by Crippen LogP contribution is 2.12. The van der Waals surface area contributed by atoms with Crippen molar-refractivity contribution in [3.8, 4) is 0 Å². The Morgan fingerprint density at radius 3 is 1.00 bits per heavy atom. The number of quaternary nitrogens is 2. The lowest BCUT2D eigenvalue weighted by Gasteiger charge is -2.39. The van der Waals surface area contributed by atoms with Gasteiger partial charge in [0.2, 0.25) is 0 Å². The molecule has 0 amide bonds. The third kappa shape index (κ3) is 12.9. The van der Waals surface area contributed by atoms with Crippen molar-refractivity contribution in [2.75, 3.05) is 93.6 Å². The van der Waals surface area contributed by atoms with E-state index in [2.05, 4.69) is 38.0 Å². The van der Waals surface area contributed by atoms with Crippen molar-refractivity contribution in [2.24, 2.45) is 0 Å². The van der Waals surface area contributed by atoms with Crippen molar-refractivity contribution < 1.29 is 56.9 Å². The number of hydrogen-bond acceptors (Lipinski definition) is 2. The second-order valence-electron chi connectivity index (χ2n) is 10.3. The number of likely N-dealkylation sites (N-methyl/N-ethyl adjacent to an activating group) is 2. The molecule has 2 aliphatic heterocycles. The van der Waals surface area contributed by atoms with Gasteiger partial charge in [-0.15, -0.1) is 0 Å². The Kier molecular flexibility index (Phi) is 15.9. The zero-order valence-electron chi connectivity index (χ0n) is 19.3. The summed E-state index contributed by atoms with van der Waals surface area (Å²) in [6, 6.07) is 0. The van der Waals surface area contributed by atoms with Gasteiger partial charge in [0.25, 0.3) is 0 Å².